The Labute approximate surface area is 575 Å². The second-order valence-electron chi connectivity index (χ2n) is 19.0. The van der Waals surface area contributed by atoms with Gasteiger partial charge >= 0.3 is 0 Å². The third-order valence-corrected chi connectivity index (χ3v) is 11.6. The number of ether oxygens (including phenoxy) is 4. The summed E-state index contributed by atoms with van der Waals surface area (Å²) in [7, 11) is 3.05. The molecule has 0 radical (unpaired) electrons. The zero-order valence-electron chi connectivity index (χ0n) is 56.5. The van der Waals surface area contributed by atoms with Gasteiger partial charge in [-0.05, 0) is 20.3 Å². The normalized spacial score (nSPS) is 9.74. The SMILES string of the molecule is CC(=O)n1ccnc1.CC(C)C(=O)n1ccnc1.CCC(=O)n1ccnc1.CCCC(=O)n1ccnc1.CCOCC(=O)n1ccnc1.CCOCCC(=O)n1ccnc1.COCC(=O)n1ccnc1.COCCC(=O)n1ccnc1.O=C(CCl)n1ccnc1.O=C(CF)n1ccnc1. The average molecular weight is 1400 g/mol. The van der Waals surface area contributed by atoms with Crippen LogP contribution < -0.4 is 0 Å². The first-order valence-electron chi connectivity index (χ1n) is 30.1. The summed E-state index contributed by atoms with van der Waals surface area (Å²) >= 11 is 5.25. The monoisotopic (exact) mass is 1400 g/mol. The van der Waals surface area contributed by atoms with E-state index < -0.39 is 12.6 Å². The van der Waals surface area contributed by atoms with Crippen molar-refractivity contribution in [3.8, 4) is 0 Å². The van der Waals surface area contributed by atoms with E-state index in [-0.39, 0.29) is 78.2 Å². The topological polar surface area (TPSA) is 386 Å². The molecule has 0 atom stereocenters. The van der Waals surface area contributed by atoms with E-state index in [9.17, 15) is 52.3 Å². The summed E-state index contributed by atoms with van der Waals surface area (Å²) in [4.78, 5) is 146. The molecule has 0 aromatic carbocycles. The highest BCUT2D eigenvalue weighted by atomic mass is 35.5. The van der Waals surface area contributed by atoms with Gasteiger partial charge in [0, 0.05) is 177 Å². The second kappa shape index (κ2) is 54.0. The highest BCUT2D eigenvalue weighted by Crippen LogP contribution is 1.99. The summed E-state index contributed by atoms with van der Waals surface area (Å²) < 4.78 is 44.9. The van der Waals surface area contributed by atoms with Crippen LogP contribution in [0.4, 0.5) is 4.39 Å². The van der Waals surface area contributed by atoms with Gasteiger partial charge in [-0.15, -0.1) is 11.6 Å². The minimum atomic E-state index is -0.976. The van der Waals surface area contributed by atoms with Crippen LogP contribution in [0.25, 0.3) is 0 Å². The van der Waals surface area contributed by atoms with E-state index in [4.69, 9.17) is 25.8 Å². The molecule has 0 aliphatic carbocycles. The van der Waals surface area contributed by atoms with Gasteiger partial charge in [-0.1, -0.05) is 27.7 Å². The number of hydrogen-bond acceptors (Lipinski definition) is 24. The van der Waals surface area contributed by atoms with Crippen LogP contribution in [0.5, 0.6) is 0 Å². The third kappa shape index (κ3) is 38.3. The van der Waals surface area contributed by atoms with E-state index in [1.165, 1.54) is 137 Å². The lowest BCUT2D eigenvalue weighted by atomic mass is 10.2. The van der Waals surface area contributed by atoms with E-state index in [0.29, 0.717) is 52.1 Å². The van der Waals surface area contributed by atoms with E-state index >= 15 is 0 Å². The Bertz CT molecular complexity index is 3450. The van der Waals surface area contributed by atoms with Gasteiger partial charge in [0.1, 0.15) is 82.4 Å². The number of carbonyl (C=O) groups is 10. The van der Waals surface area contributed by atoms with Crippen molar-refractivity contribution in [1.82, 2.24) is 95.5 Å². The molecule has 10 rings (SSSR count). The Morgan fingerprint density at radius 3 is 0.949 bits per heavy atom. The van der Waals surface area contributed by atoms with Crippen LogP contribution in [0.2, 0.25) is 0 Å². The number of methoxy groups -OCH3 is 2. The Kier molecular flexibility index (Phi) is 46.9. The average Bonchev–Trinajstić information content (AvgIpc) is 2.18. The lowest BCUT2D eigenvalue weighted by Crippen LogP contribution is -2.15. The van der Waals surface area contributed by atoms with Crippen LogP contribution in [0, 0.1) is 5.92 Å². The van der Waals surface area contributed by atoms with E-state index in [0.717, 1.165) is 11.0 Å². The summed E-state index contributed by atoms with van der Waals surface area (Å²) in [6, 6.07) is 0. The maximum absolute atomic E-state index is 11.6. The first kappa shape index (κ1) is 85.9. The maximum Gasteiger partial charge on any atom is 0.263 e. The molecule has 10 aromatic rings. The molecule has 0 saturated heterocycles. The molecule has 99 heavy (non-hydrogen) atoms. The molecule has 0 aliphatic rings. The van der Waals surface area contributed by atoms with E-state index in [1.54, 1.807) is 112 Å². The van der Waals surface area contributed by atoms with E-state index in [2.05, 4.69) is 54.6 Å². The highest BCUT2D eigenvalue weighted by molar-refractivity contribution is 6.27. The molecule has 10 aromatic heterocycles. The molecule has 0 unspecified atom stereocenters. The number of alkyl halides is 2. The minimum absolute atomic E-state index is 0.00361. The fourth-order valence-corrected chi connectivity index (χ4v) is 6.40. The predicted octanol–water partition coefficient (Wildman–Crippen LogP) is 7.47. The van der Waals surface area contributed by atoms with Crippen LogP contribution in [-0.2, 0) is 18.9 Å². The molecule has 0 bridgehead atoms. The Balaban J connectivity index is 0.000000551. The molecule has 0 N–H and O–H groups in total. The summed E-state index contributed by atoms with van der Waals surface area (Å²) in [5.41, 5.74) is 0. The van der Waals surface area contributed by atoms with Gasteiger partial charge in [0.15, 0.2) is 6.67 Å². The smallest absolute Gasteiger partial charge is 0.263 e. The van der Waals surface area contributed by atoms with Crippen molar-refractivity contribution in [3.05, 3.63) is 187 Å². The summed E-state index contributed by atoms with van der Waals surface area (Å²) in [5.74, 6) is -0.644. The Morgan fingerprint density at radius 1 is 0.374 bits per heavy atom. The van der Waals surface area contributed by atoms with Crippen LogP contribution >= 0.6 is 11.6 Å². The lowest BCUT2D eigenvalue weighted by Gasteiger charge is -2.01. The van der Waals surface area contributed by atoms with Gasteiger partial charge < -0.3 is 18.9 Å². The van der Waals surface area contributed by atoms with Gasteiger partial charge in [-0.2, -0.15) is 0 Å². The Morgan fingerprint density at radius 2 is 0.677 bits per heavy atom. The standard InChI is InChI=1S/C8H12N2O2.2C7H10N2O2.2C7H10N2O.C6H8N2O2.C6H8N2O.C5H5ClN2O.C5H5FN2O.C5H6N2O/c1-2-12-6-3-8(11)10-5-4-9-7-10;1-11-5-2-7(10)9-4-3-8-6-9;1-2-11-5-7(10)9-4-3-8-6-9;1-6(2)7(10)9-4-3-8-5-9;1-2-3-7(10)9-5-4-8-6-9;1-10-4-6(9)8-3-2-7-5-8;1-2-6(9)8-4-3-7-5-8;2*6-3-5(9)8-2-1-7-4-8;1-5(8)7-3-2-6-4-7/h4-5,7H,2-3,6H2,1H3;2*3-4,6H,2,5H2,1H3;3-6H,1-2H3;4-6H,2-3H2,1H3;2-3,5H,4H2,1H3;3-5H,2H2,1H3;2*1-2,4H,3H2;2-4H,1H3. The van der Waals surface area contributed by atoms with Crippen molar-refractivity contribution >= 4 is 70.7 Å². The predicted molar refractivity (Wildman–Crippen MR) is 357 cm³/mol. The molecule has 0 aliphatic heterocycles. The number of nitrogens with zero attached hydrogens (tertiary/aromatic N) is 20. The maximum atomic E-state index is 11.6. The molecule has 0 amide bonds. The molecule has 0 spiro atoms. The fourth-order valence-electron chi connectivity index (χ4n) is 6.26. The third-order valence-electron chi connectivity index (χ3n) is 11.3. The second-order valence-corrected chi connectivity index (χ2v) is 19.3. The number of halogens is 2. The zero-order chi connectivity index (χ0) is 73.4. The van der Waals surface area contributed by atoms with Crippen LogP contribution in [0.3, 0.4) is 0 Å². The van der Waals surface area contributed by atoms with Gasteiger partial charge in [-0.3, -0.25) is 93.6 Å². The van der Waals surface area contributed by atoms with Gasteiger partial charge in [0.2, 0.25) is 41.4 Å². The molecular formula is C63H84ClFN20O14. The minimum Gasteiger partial charge on any atom is -0.384 e. The molecular weight excluding hydrogens is 1320 g/mol. The number of imidazole rings is 10. The van der Waals surface area contributed by atoms with Gasteiger partial charge in [-0.25, -0.2) is 54.2 Å². The molecule has 36 heteroatoms. The summed E-state index contributed by atoms with van der Waals surface area (Å²) in [6.07, 6.45) is 49.0. The van der Waals surface area contributed by atoms with Crippen LogP contribution in [-0.4, -0.2) is 221 Å². The summed E-state index contributed by atoms with van der Waals surface area (Å²) in [6.45, 7) is 14.1. The van der Waals surface area contributed by atoms with Crippen molar-refractivity contribution in [2.24, 2.45) is 5.92 Å². The summed E-state index contributed by atoms with van der Waals surface area (Å²) in [5, 5.41) is 0. The number of hydrogen-bond donors (Lipinski definition) is 0. The number of rotatable bonds is 18. The zero-order valence-corrected chi connectivity index (χ0v) is 57.3. The lowest BCUT2D eigenvalue weighted by molar-refractivity contribution is 0.0696. The fraction of sp³-hybridized carbons (Fsp3) is 0.365. The van der Waals surface area contributed by atoms with Crippen molar-refractivity contribution in [1.29, 1.82) is 0 Å². The van der Waals surface area contributed by atoms with Crippen molar-refractivity contribution in [3.63, 3.8) is 0 Å². The Hall–Kier alpha value is -11.1. The van der Waals surface area contributed by atoms with Crippen LogP contribution in [0.15, 0.2) is 187 Å². The molecule has 0 saturated carbocycles. The van der Waals surface area contributed by atoms with Crippen molar-refractivity contribution in [2.75, 3.05) is 66.4 Å². The molecule has 34 nitrogen and oxygen atoms in total. The van der Waals surface area contributed by atoms with Crippen molar-refractivity contribution < 1.29 is 71.3 Å². The van der Waals surface area contributed by atoms with E-state index in [1.807, 2.05) is 41.5 Å². The number of carbonyl (C=O) groups excluding carboxylic acids is 10. The first-order chi connectivity index (χ1) is 47.8. The first-order valence-corrected chi connectivity index (χ1v) is 30.7. The highest BCUT2D eigenvalue weighted by Gasteiger charge is 2.09. The van der Waals surface area contributed by atoms with Gasteiger partial charge in [0.05, 0.1) is 26.1 Å². The largest absolute Gasteiger partial charge is 0.384 e. The van der Waals surface area contributed by atoms with Crippen LogP contribution in [0.1, 0.15) is 129 Å². The van der Waals surface area contributed by atoms with Crippen molar-refractivity contribution in [2.45, 2.75) is 80.6 Å². The molecule has 0 fully saturated rings. The molecule has 534 valence electrons. The van der Waals surface area contributed by atoms with Gasteiger partial charge in [0.25, 0.3) is 17.7 Å². The quantitative estimate of drug-likeness (QED) is 0.0593. The number of aromatic nitrogens is 20. The molecule has 10 heterocycles.